The summed E-state index contributed by atoms with van der Waals surface area (Å²) in [4.78, 5) is 2.40. The van der Waals surface area contributed by atoms with Gasteiger partial charge in [0.25, 0.3) is 0 Å². The molecule has 15 heavy (non-hydrogen) atoms. The quantitative estimate of drug-likeness (QED) is 0.467. The van der Waals surface area contributed by atoms with E-state index in [0.717, 1.165) is 19.5 Å². The zero-order chi connectivity index (χ0) is 11.9. The topological polar surface area (TPSA) is 21.7 Å². The van der Waals surface area contributed by atoms with E-state index in [9.17, 15) is 0 Å². The summed E-state index contributed by atoms with van der Waals surface area (Å²) in [5, 5.41) is 0. The molecule has 0 saturated heterocycles. The van der Waals surface area contributed by atoms with Crippen LogP contribution in [0.3, 0.4) is 0 Å². The third-order valence-corrected chi connectivity index (χ3v) is 3.09. The summed E-state index contributed by atoms with van der Waals surface area (Å²) in [5.74, 6) is 0. The molecule has 89 valence electrons. The first-order chi connectivity index (χ1) is 7.00. The molecule has 0 saturated carbocycles. The third kappa shape index (κ3) is 5.66. The van der Waals surface area contributed by atoms with Crippen LogP contribution in [-0.4, -0.2) is 53.4 Å². The first-order valence-electron chi connectivity index (χ1n) is 5.68. The zero-order valence-electron chi connectivity index (χ0n) is 10.7. The monoisotopic (exact) mass is 230 g/mol. The molecule has 3 radical (unpaired) electrons. The van der Waals surface area contributed by atoms with Crippen LogP contribution >= 0.6 is 0 Å². The van der Waals surface area contributed by atoms with Gasteiger partial charge in [0, 0.05) is 13.2 Å². The van der Waals surface area contributed by atoms with Crippen molar-refractivity contribution < 1.29 is 9.47 Å². The molecule has 0 aliphatic rings. The van der Waals surface area contributed by atoms with Crippen molar-refractivity contribution in [2.24, 2.45) is 0 Å². The van der Waals surface area contributed by atoms with Gasteiger partial charge in [0.1, 0.15) is 15.7 Å². The first-order valence-corrected chi connectivity index (χ1v) is 6.18. The minimum absolute atomic E-state index is 0.464. The predicted molar refractivity (Wildman–Crippen MR) is 64.1 cm³/mol. The molecule has 0 bridgehead atoms. The Morgan fingerprint density at radius 3 is 2.13 bits per heavy atom. The maximum atomic E-state index is 5.67. The maximum Gasteiger partial charge on any atom is 0.141 e. The largest absolute Gasteiger partial charge is 0.358 e. The van der Waals surface area contributed by atoms with Gasteiger partial charge in [0.05, 0.1) is 6.61 Å². The van der Waals surface area contributed by atoms with Crippen molar-refractivity contribution in [2.45, 2.75) is 45.6 Å². The van der Waals surface area contributed by atoms with Gasteiger partial charge in [0.15, 0.2) is 0 Å². The van der Waals surface area contributed by atoms with E-state index in [2.05, 4.69) is 35.9 Å². The van der Waals surface area contributed by atoms with Gasteiger partial charge in [0.2, 0.25) is 0 Å². The Balaban J connectivity index is 4.10. The minimum Gasteiger partial charge on any atom is -0.358 e. The molecule has 0 aromatic carbocycles. The van der Waals surface area contributed by atoms with Crippen molar-refractivity contribution >= 4 is 10.2 Å². The molecule has 0 aromatic rings. The molecular formula is C11H24NO2Si. The van der Waals surface area contributed by atoms with Crippen molar-refractivity contribution in [3.8, 4) is 0 Å². The highest BCUT2D eigenvalue weighted by molar-refractivity contribution is 6.13. The Kier molecular flexibility index (Phi) is 7.43. The molecule has 0 aromatic heterocycles. The number of ether oxygens (including phenoxy) is 2. The second kappa shape index (κ2) is 7.38. The molecule has 0 rings (SSSR count). The minimum atomic E-state index is -0.666. The predicted octanol–water partition coefficient (Wildman–Crippen LogP) is 1.61. The second-order valence-corrected chi connectivity index (χ2v) is 4.65. The number of nitrogens with zero attached hydrogens (tertiary/aromatic N) is 1. The molecule has 0 N–H and O–H groups in total. The lowest BCUT2D eigenvalue weighted by atomic mass is 10.2. The smallest absolute Gasteiger partial charge is 0.141 e. The molecule has 0 heterocycles. The summed E-state index contributed by atoms with van der Waals surface area (Å²) in [6.45, 7) is 11.2. The Hall–Kier alpha value is 0.0969. The molecule has 0 spiro atoms. The van der Waals surface area contributed by atoms with Gasteiger partial charge in [-0.3, -0.25) is 4.90 Å². The van der Waals surface area contributed by atoms with Gasteiger partial charge < -0.3 is 9.47 Å². The third-order valence-electron chi connectivity index (χ3n) is 2.74. The van der Waals surface area contributed by atoms with E-state index < -0.39 is 5.41 Å². The summed E-state index contributed by atoms with van der Waals surface area (Å²) >= 11 is 0. The lowest BCUT2D eigenvalue weighted by molar-refractivity contribution is -0.158. The molecular weight excluding hydrogens is 206 g/mol. The standard InChI is InChI=1S/C11H24NO2Si/c1-6-10(12(7-2)8-3)9-14-11(4,15)13-5/h10H,6-9H2,1-5H3. The van der Waals surface area contributed by atoms with E-state index in [4.69, 9.17) is 9.47 Å². The summed E-state index contributed by atoms with van der Waals surface area (Å²) in [5.41, 5.74) is -0.666. The Bertz CT molecular complexity index is 161. The van der Waals surface area contributed by atoms with Crippen LogP contribution in [0.25, 0.3) is 0 Å². The molecule has 3 nitrogen and oxygen atoms in total. The van der Waals surface area contributed by atoms with Crippen LogP contribution in [0, 0.1) is 0 Å². The summed E-state index contributed by atoms with van der Waals surface area (Å²) < 4.78 is 10.8. The Morgan fingerprint density at radius 1 is 1.27 bits per heavy atom. The van der Waals surface area contributed by atoms with E-state index >= 15 is 0 Å². The SMILES string of the molecule is CCC(COC(C)([Si])OC)N(CC)CC. The van der Waals surface area contributed by atoms with Crippen LogP contribution in [0.15, 0.2) is 0 Å². The molecule has 2 atom stereocenters. The average molecular weight is 230 g/mol. The van der Waals surface area contributed by atoms with Gasteiger partial charge >= 0.3 is 0 Å². The van der Waals surface area contributed by atoms with Crippen molar-refractivity contribution in [3.05, 3.63) is 0 Å². The van der Waals surface area contributed by atoms with Gasteiger partial charge in [-0.15, -0.1) is 0 Å². The number of hydrogen-bond donors (Lipinski definition) is 0. The van der Waals surface area contributed by atoms with Crippen LogP contribution < -0.4 is 0 Å². The number of rotatable bonds is 8. The van der Waals surface area contributed by atoms with Crippen LogP contribution in [-0.2, 0) is 9.47 Å². The van der Waals surface area contributed by atoms with Gasteiger partial charge in [-0.25, -0.2) is 0 Å². The highest BCUT2D eigenvalue weighted by Gasteiger charge is 2.21. The van der Waals surface area contributed by atoms with Gasteiger partial charge in [-0.1, -0.05) is 20.8 Å². The lowest BCUT2D eigenvalue weighted by Gasteiger charge is -2.32. The summed E-state index contributed by atoms with van der Waals surface area (Å²) in [6.07, 6.45) is 1.09. The van der Waals surface area contributed by atoms with E-state index in [1.54, 1.807) is 7.11 Å². The van der Waals surface area contributed by atoms with E-state index in [1.165, 1.54) is 0 Å². The lowest BCUT2D eigenvalue weighted by Crippen LogP contribution is -2.42. The van der Waals surface area contributed by atoms with Crippen molar-refractivity contribution in [2.75, 3.05) is 26.8 Å². The summed E-state index contributed by atoms with van der Waals surface area (Å²) in [6, 6.07) is 0.464. The Labute approximate surface area is 97.5 Å². The van der Waals surface area contributed by atoms with Gasteiger partial charge in [-0.05, 0) is 26.4 Å². The van der Waals surface area contributed by atoms with E-state index in [1.807, 2.05) is 6.92 Å². The number of methoxy groups -OCH3 is 1. The van der Waals surface area contributed by atoms with Crippen molar-refractivity contribution in [3.63, 3.8) is 0 Å². The summed E-state index contributed by atoms with van der Waals surface area (Å²) in [7, 11) is 5.05. The molecule has 0 fully saturated rings. The fourth-order valence-electron chi connectivity index (χ4n) is 1.54. The molecule has 0 amide bonds. The first kappa shape index (κ1) is 15.1. The van der Waals surface area contributed by atoms with Crippen LogP contribution in [0.2, 0.25) is 0 Å². The van der Waals surface area contributed by atoms with Gasteiger partial charge in [-0.2, -0.15) is 0 Å². The molecule has 4 heteroatoms. The zero-order valence-corrected chi connectivity index (χ0v) is 11.7. The maximum absolute atomic E-state index is 5.67. The van der Waals surface area contributed by atoms with Crippen LogP contribution in [0.5, 0.6) is 0 Å². The Morgan fingerprint density at radius 2 is 1.80 bits per heavy atom. The van der Waals surface area contributed by atoms with Crippen LogP contribution in [0.1, 0.15) is 34.1 Å². The average Bonchev–Trinajstić information content (AvgIpc) is 2.24. The fraction of sp³-hybridized carbons (Fsp3) is 1.00. The normalized spacial score (nSPS) is 17.8. The number of hydrogen-bond acceptors (Lipinski definition) is 3. The molecule has 0 aliphatic heterocycles. The van der Waals surface area contributed by atoms with Crippen molar-refractivity contribution in [1.82, 2.24) is 4.90 Å². The highest BCUT2D eigenvalue weighted by atomic mass is 28.1. The van der Waals surface area contributed by atoms with Crippen molar-refractivity contribution in [1.29, 1.82) is 0 Å². The fourth-order valence-corrected chi connectivity index (χ4v) is 1.62. The van der Waals surface area contributed by atoms with Crippen LogP contribution in [0.4, 0.5) is 0 Å². The second-order valence-electron chi connectivity index (χ2n) is 3.74. The van der Waals surface area contributed by atoms with E-state index in [0.29, 0.717) is 12.6 Å². The molecule has 2 unspecified atom stereocenters. The van der Waals surface area contributed by atoms with E-state index in [-0.39, 0.29) is 0 Å². The highest BCUT2D eigenvalue weighted by Crippen LogP contribution is 2.10. The molecule has 0 aliphatic carbocycles. The number of likely N-dealkylation sites (N-methyl/N-ethyl adjacent to an activating group) is 1.